The van der Waals surface area contributed by atoms with Gasteiger partial charge in [0.2, 0.25) is 0 Å². The molecule has 30 heavy (non-hydrogen) atoms. The quantitative estimate of drug-likeness (QED) is 0.574. The molecule has 0 unspecified atom stereocenters. The molecule has 2 amide bonds. The number of nitrogens with one attached hydrogen (secondary N) is 2. The SMILES string of the molecule is COc1ccccc1[C@@H](CNC(=O)c1ccc(NC(=O)c2cccs2)cc1)N(C)C. The minimum atomic E-state index is -0.173. The van der Waals surface area contributed by atoms with E-state index in [-0.39, 0.29) is 17.9 Å². The van der Waals surface area contributed by atoms with Crippen LogP contribution in [0.1, 0.15) is 31.6 Å². The molecule has 7 heteroatoms. The Labute approximate surface area is 180 Å². The number of benzene rings is 2. The maximum atomic E-state index is 12.6. The maximum absolute atomic E-state index is 12.6. The molecule has 0 saturated carbocycles. The summed E-state index contributed by atoms with van der Waals surface area (Å²) in [5.74, 6) is 0.456. The summed E-state index contributed by atoms with van der Waals surface area (Å²) >= 11 is 1.38. The van der Waals surface area contributed by atoms with Crippen molar-refractivity contribution in [2.45, 2.75) is 6.04 Å². The van der Waals surface area contributed by atoms with E-state index in [0.29, 0.717) is 22.7 Å². The van der Waals surface area contributed by atoms with Crippen molar-refractivity contribution in [3.63, 3.8) is 0 Å². The average Bonchev–Trinajstić information content (AvgIpc) is 3.29. The van der Waals surface area contributed by atoms with E-state index in [2.05, 4.69) is 10.6 Å². The smallest absolute Gasteiger partial charge is 0.265 e. The third kappa shape index (κ3) is 5.25. The van der Waals surface area contributed by atoms with Gasteiger partial charge in [-0.2, -0.15) is 0 Å². The molecule has 0 saturated heterocycles. The molecule has 1 heterocycles. The molecule has 0 fully saturated rings. The fourth-order valence-corrected chi connectivity index (χ4v) is 3.73. The molecule has 0 aliphatic carbocycles. The third-order valence-electron chi connectivity index (χ3n) is 4.73. The van der Waals surface area contributed by atoms with E-state index in [1.165, 1.54) is 11.3 Å². The zero-order valence-corrected chi connectivity index (χ0v) is 18.0. The van der Waals surface area contributed by atoms with Crippen LogP contribution in [0.3, 0.4) is 0 Å². The van der Waals surface area contributed by atoms with E-state index in [1.54, 1.807) is 37.4 Å². The van der Waals surface area contributed by atoms with Crippen molar-refractivity contribution in [3.05, 3.63) is 82.0 Å². The van der Waals surface area contributed by atoms with Crippen LogP contribution in [0.4, 0.5) is 5.69 Å². The number of carbonyl (C=O) groups excluding carboxylic acids is 2. The number of thiophene rings is 1. The molecular weight excluding hydrogens is 398 g/mol. The summed E-state index contributed by atoms with van der Waals surface area (Å²) in [7, 11) is 5.57. The predicted octanol–water partition coefficient (Wildman–Crippen LogP) is 4.04. The number of hydrogen-bond donors (Lipinski definition) is 2. The van der Waals surface area contributed by atoms with Crippen molar-refractivity contribution >= 4 is 28.8 Å². The first-order chi connectivity index (χ1) is 14.5. The van der Waals surface area contributed by atoms with Gasteiger partial charge in [-0.25, -0.2) is 0 Å². The van der Waals surface area contributed by atoms with Crippen LogP contribution in [0.25, 0.3) is 0 Å². The fourth-order valence-electron chi connectivity index (χ4n) is 3.11. The first kappa shape index (κ1) is 21.5. The summed E-state index contributed by atoms with van der Waals surface area (Å²) in [6.45, 7) is 0.434. The molecule has 3 aromatic rings. The molecule has 0 spiro atoms. The van der Waals surface area contributed by atoms with Gasteiger partial charge in [0.05, 0.1) is 18.0 Å². The summed E-state index contributed by atoms with van der Waals surface area (Å²) in [6.07, 6.45) is 0. The van der Waals surface area contributed by atoms with Crippen LogP contribution >= 0.6 is 11.3 Å². The van der Waals surface area contributed by atoms with E-state index in [0.717, 1.165) is 11.3 Å². The van der Waals surface area contributed by atoms with Crippen LogP contribution in [0.5, 0.6) is 5.75 Å². The largest absolute Gasteiger partial charge is 0.496 e. The standard InChI is InChI=1S/C23H25N3O3S/c1-26(2)19(18-7-4-5-8-20(18)29-3)15-24-22(27)16-10-12-17(13-11-16)25-23(28)21-9-6-14-30-21/h4-14,19H,15H2,1-3H3,(H,24,27)(H,25,28)/t19-/m1/s1. The van der Waals surface area contributed by atoms with Crippen LogP contribution < -0.4 is 15.4 Å². The highest BCUT2D eigenvalue weighted by Gasteiger charge is 2.19. The van der Waals surface area contributed by atoms with Crippen molar-refractivity contribution in [1.82, 2.24) is 10.2 Å². The van der Waals surface area contributed by atoms with E-state index >= 15 is 0 Å². The predicted molar refractivity (Wildman–Crippen MR) is 120 cm³/mol. The molecule has 1 atom stereocenters. The molecule has 2 aromatic carbocycles. The van der Waals surface area contributed by atoms with Gasteiger partial charge in [0.15, 0.2) is 0 Å². The molecule has 3 rings (SSSR count). The lowest BCUT2D eigenvalue weighted by Crippen LogP contribution is -2.34. The Bertz CT molecular complexity index is 985. The summed E-state index contributed by atoms with van der Waals surface area (Å²) in [4.78, 5) is 27.4. The molecule has 2 N–H and O–H groups in total. The zero-order valence-electron chi connectivity index (χ0n) is 17.2. The normalized spacial score (nSPS) is 11.7. The van der Waals surface area contributed by atoms with Gasteiger partial charge < -0.3 is 20.3 Å². The van der Waals surface area contributed by atoms with E-state index < -0.39 is 0 Å². The van der Waals surface area contributed by atoms with Crippen molar-refractivity contribution in [3.8, 4) is 5.75 Å². The summed E-state index contributed by atoms with van der Waals surface area (Å²) < 4.78 is 5.47. The van der Waals surface area contributed by atoms with Crippen LogP contribution in [0.2, 0.25) is 0 Å². The van der Waals surface area contributed by atoms with E-state index in [4.69, 9.17) is 4.74 Å². The molecule has 0 aliphatic heterocycles. The minimum absolute atomic E-state index is 0.0329. The number of amides is 2. The Hall–Kier alpha value is -3.16. The molecule has 0 aliphatic rings. The van der Waals surface area contributed by atoms with Gasteiger partial charge in [-0.15, -0.1) is 11.3 Å². The second-order valence-electron chi connectivity index (χ2n) is 6.94. The average molecular weight is 424 g/mol. The minimum Gasteiger partial charge on any atom is -0.496 e. The van der Waals surface area contributed by atoms with Crippen molar-refractivity contribution < 1.29 is 14.3 Å². The zero-order chi connectivity index (χ0) is 21.5. The summed E-state index contributed by atoms with van der Waals surface area (Å²) in [5.41, 5.74) is 2.18. The molecule has 0 bridgehead atoms. The van der Waals surface area contributed by atoms with Crippen molar-refractivity contribution in [2.75, 3.05) is 33.1 Å². The van der Waals surface area contributed by atoms with Gasteiger partial charge in [0.25, 0.3) is 11.8 Å². The Morgan fingerprint density at radius 3 is 2.37 bits per heavy atom. The number of nitrogens with zero attached hydrogens (tertiary/aromatic N) is 1. The fraction of sp³-hybridized carbons (Fsp3) is 0.217. The van der Waals surface area contributed by atoms with Gasteiger partial charge in [-0.3, -0.25) is 9.59 Å². The Morgan fingerprint density at radius 2 is 1.73 bits per heavy atom. The number of anilines is 1. The number of hydrogen-bond acceptors (Lipinski definition) is 5. The highest BCUT2D eigenvalue weighted by molar-refractivity contribution is 7.12. The Morgan fingerprint density at radius 1 is 1.00 bits per heavy atom. The molecule has 6 nitrogen and oxygen atoms in total. The number of ether oxygens (including phenoxy) is 1. The first-order valence-electron chi connectivity index (χ1n) is 9.52. The van der Waals surface area contributed by atoms with Crippen molar-refractivity contribution in [2.24, 2.45) is 0 Å². The maximum Gasteiger partial charge on any atom is 0.265 e. The second-order valence-corrected chi connectivity index (χ2v) is 7.89. The number of methoxy groups -OCH3 is 1. The number of likely N-dealkylation sites (N-methyl/N-ethyl adjacent to an activating group) is 1. The topological polar surface area (TPSA) is 70.7 Å². The first-order valence-corrected chi connectivity index (χ1v) is 10.4. The monoisotopic (exact) mass is 423 g/mol. The van der Waals surface area contributed by atoms with Gasteiger partial charge >= 0.3 is 0 Å². The van der Waals surface area contributed by atoms with Gasteiger partial charge in [-0.1, -0.05) is 24.3 Å². The number of para-hydroxylation sites is 1. The van der Waals surface area contributed by atoms with Crippen LogP contribution in [0, 0.1) is 0 Å². The Balaban J connectivity index is 1.63. The van der Waals surface area contributed by atoms with Crippen molar-refractivity contribution in [1.29, 1.82) is 0 Å². The summed E-state index contributed by atoms with van der Waals surface area (Å²) in [5, 5.41) is 7.68. The third-order valence-corrected chi connectivity index (χ3v) is 5.60. The van der Waals surface area contributed by atoms with Crippen LogP contribution in [0.15, 0.2) is 66.0 Å². The highest BCUT2D eigenvalue weighted by atomic mass is 32.1. The van der Waals surface area contributed by atoms with E-state index in [9.17, 15) is 9.59 Å². The number of carbonyl (C=O) groups is 2. The lowest BCUT2D eigenvalue weighted by molar-refractivity contribution is 0.0941. The van der Waals surface area contributed by atoms with E-state index in [1.807, 2.05) is 54.7 Å². The second kappa shape index (κ2) is 10.0. The van der Waals surface area contributed by atoms with Crippen LogP contribution in [-0.4, -0.2) is 44.5 Å². The molecule has 0 radical (unpaired) electrons. The summed E-state index contributed by atoms with van der Waals surface area (Å²) in [6, 6.07) is 18.2. The molecular formula is C23H25N3O3S. The molecule has 156 valence electrons. The lowest BCUT2D eigenvalue weighted by atomic mass is 10.0. The van der Waals surface area contributed by atoms with Gasteiger partial charge in [0.1, 0.15) is 5.75 Å². The van der Waals surface area contributed by atoms with Crippen LogP contribution in [-0.2, 0) is 0 Å². The molecule has 1 aromatic heterocycles. The van der Waals surface area contributed by atoms with Gasteiger partial charge in [0, 0.05) is 23.4 Å². The lowest BCUT2D eigenvalue weighted by Gasteiger charge is -2.26. The highest BCUT2D eigenvalue weighted by Crippen LogP contribution is 2.27. The number of rotatable bonds is 8. The Kier molecular flexibility index (Phi) is 7.21. The van der Waals surface area contributed by atoms with Gasteiger partial charge in [-0.05, 0) is 55.9 Å².